The van der Waals surface area contributed by atoms with Crippen molar-refractivity contribution >= 4 is 17.5 Å². The number of amides is 2. The van der Waals surface area contributed by atoms with E-state index >= 15 is 0 Å². The number of nitrogens with one attached hydrogen (secondary N) is 4. The van der Waals surface area contributed by atoms with Crippen molar-refractivity contribution in [1.29, 1.82) is 0 Å². The van der Waals surface area contributed by atoms with Gasteiger partial charge in [0.25, 0.3) is 5.91 Å². The van der Waals surface area contributed by atoms with Crippen molar-refractivity contribution in [3.63, 3.8) is 0 Å². The Labute approximate surface area is 152 Å². The lowest BCUT2D eigenvalue weighted by atomic mass is 10.1. The number of para-hydroxylation sites is 1. The quantitative estimate of drug-likeness (QED) is 0.610. The molecule has 1 aliphatic rings. The van der Waals surface area contributed by atoms with Crippen molar-refractivity contribution in [3.8, 4) is 0 Å². The van der Waals surface area contributed by atoms with Crippen molar-refractivity contribution in [2.75, 3.05) is 5.32 Å². The van der Waals surface area contributed by atoms with Crippen molar-refractivity contribution in [2.45, 2.75) is 44.8 Å². The molecule has 0 bridgehead atoms. The Balaban J connectivity index is 1.61. The third kappa shape index (κ3) is 4.50. The fraction of sp³-hybridized carbons (Fsp3) is 0.368. The zero-order valence-corrected chi connectivity index (χ0v) is 14.7. The summed E-state index contributed by atoms with van der Waals surface area (Å²) in [6.07, 6.45) is 4.37. The zero-order valence-electron chi connectivity index (χ0n) is 14.7. The molecular formula is C19H24N4O3. The first kappa shape index (κ1) is 18.2. The van der Waals surface area contributed by atoms with Gasteiger partial charge in [0, 0.05) is 6.04 Å². The molecule has 2 atom stereocenters. The first-order valence-electron chi connectivity index (χ1n) is 8.89. The summed E-state index contributed by atoms with van der Waals surface area (Å²) < 4.78 is 5.21. The third-order valence-corrected chi connectivity index (χ3v) is 4.37. The molecule has 1 saturated heterocycles. The standard InChI is InChI=1S/C19H24N4O3/c1-2-6-13-11-17(23-22-13)19(25)21-16-9-4-3-8-15(16)18(24)20-12-14-7-5-10-26-14/h3-5,7-10,13,17,22-23H,2,6,11-12H2,1H3,(H,20,24)(H,21,25). The van der Waals surface area contributed by atoms with Gasteiger partial charge in [-0.1, -0.05) is 25.5 Å². The van der Waals surface area contributed by atoms with E-state index in [2.05, 4.69) is 28.4 Å². The lowest BCUT2D eigenvalue weighted by Gasteiger charge is -2.14. The molecule has 2 amide bonds. The maximum atomic E-state index is 12.5. The van der Waals surface area contributed by atoms with Crippen molar-refractivity contribution in [3.05, 3.63) is 54.0 Å². The molecule has 4 N–H and O–H groups in total. The van der Waals surface area contributed by atoms with Gasteiger partial charge in [-0.15, -0.1) is 0 Å². The van der Waals surface area contributed by atoms with Crippen molar-refractivity contribution in [1.82, 2.24) is 16.2 Å². The molecule has 1 aliphatic heterocycles. The summed E-state index contributed by atoms with van der Waals surface area (Å²) in [6, 6.07) is 10.5. The van der Waals surface area contributed by atoms with E-state index in [-0.39, 0.29) is 17.9 Å². The highest BCUT2D eigenvalue weighted by molar-refractivity contribution is 6.04. The molecule has 7 nitrogen and oxygen atoms in total. The Morgan fingerprint density at radius 1 is 1.19 bits per heavy atom. The number of furan rings is 1. The average molecular weight is 356 g/mol. The Kier molecular flexibility index (Phi) is 6.04. The van der Waals surface area contributed by atoms with Gasteiger partial charge in [-0.3, -0.25) is 15.0 Å². The molecule has 0 spiro atoms. The maximum Gasteiger partial charge on any atom is 0.253 e. The second kappa shape index (κ2) is 8.64. The third-order valence-electron chi connectivity index (χ3n) is 4.37. The minimum atomic E-state index is -0.314. The summed E-state index contributed by atoms with van der Waals surface area (Å²) in [4.78, 5) is 25.0. The highest BCUT2D eigenvalue weighted by atomic mass is 16.3. The molecule has 7 heteroatoms. The van der Waals surface area contributed by atoms with Crippen LogP contribution in [0.15, 0.2) is 47.1 Å². The largest absolute Gasteiger partial charge is 0.467 e. The summed E-state index contributed by atoms with van der Waals surface area (Å²) in [5.74, 6) is 0.254. The molecule has 0 saturated carbocycles. The van der Waals surface area contributed by atoms with Gasteiger partial charge < -0.3 is 15.1 Å². The molecule has 1 aromatic carbocycles. The van der Waals surface area contributed by atoms with Crippen LogP contribution in [0.4, 0.5) is 5.69 Å². The average Bonchev–Trinajstić information content (AvgIpc) is 3.32. The molecule has 0 aliphatic carbocycles. The molecule has 2 unspecified atom stereocenters. The molecule has 2 aromatic rings. The van der Waals surface area contributed by atoms with E-state index in [1.807, 2.05) is 0 Å². The van der Waals surface area contributed by atoms with E-state index in [0.29, 0.717) is 29.6 Å². The van der Waals surface area contributed by atoms with Gasteiger partial charge in [0.2, 0.25) is 5.91 Å². The molecule has 26 heavy (non-hydrogen) atoms. The van der Waals surface area contributed by atoms with Crippen LogP contribution in [-0.2, 0) is 11.3 Å². The smallest absolute Gasteiger partial charge is 0.253 e. The van der Waals surface area contributed by atoms with Crippen LogP contribution in [0.5, 0.6) is 0 Å². The predicted octanol–water partition coefficient (Wildman–Crippen LogP) is 2.18. The fourth-order valence-electron chi connectivity index (χ4n) is 3.02. The second-order valence-electron chi connectivity index (χ2n) is 6.36. The number of carbonyl (C=O) groups is 2. The number of hydrogen-bond acceptors (Lipinski definition) is 5. The lowest BCUT2D eigenvalue weighted by Crippen LogP contribution is -2.40. The van der Waals surface area contributed by atoms with Crippen LogP contribution in [0.25, 0.3) is 0 Å². The van der Waals surface area contributed by atoms with Crippen molar-refractivity contribution in [2.24, 2.45) is 0 Å². The van der Waals surface area contributed by atoms with Crippen LogP contribution in [0.2, 0.25) is 0 Å². The van der Waals surface area contributed by atoms with Gasteiger partial charge in [-0.25, -0.2) is 5.43 Å². The van der Waals surface area contributed by atoms with E-state index in [0.717, 1.165) is 19.3 Å². The fourth-order valence-corrected chi connectivity index (χ4v) is 3.02. The summed E-state index contributed by atoms with van der Waals surface area (Å²) in [6.45, 7) is 2.41. The molecule has 1 aromatic heterocycles. The molecule has 0 radical (unpaired) electrons. The van der Waals surface area contributed by atoms with Crippen LogP contribution in [0.1, 0.15) is 42.3 Å². The highest BCUT2D eigenvalue weighted by Gasteiger charge is 2.29. The molecule has 138 valence electrons. The minimum absolute atomic E-state index is 0.151. The Hall–Kier alpha value is -2.64. The number of hydrogen-bond donors (Lipinski definition) is 4. The van der Waals surface area contributed by atoms with Gasteiger partial charge in [0.05, 0.1) is 24.1 Å². The predicted molar refractivity (Wildman–Crippen MR) is 98.3 cm³/mol. The lowest BCUT2D eigenvalue weighted by molar-refractivity contribution is -0.117. The van der Waals surface area contributed by atoms with E-state index in [9.17, 15) is 9.59 Å². The van der Waals surface area contributed by atoms with Crippen molar-refractivity contribution < 1.29 is 14.0 Å². The number of benzene rings is 1. The highest BCUT2D eigenvalue weighted by Crippen LogP contribution is 2.17. The summed E-state index contributed by atoms with van der Waals surface area (Å²) in [5, 5.41) is 5.66. The minimum Gasteiger partial charge on any atom is -0.467 e. The first-order chi connectivity index (χ1) is 12.7. The van der Waals surface area contributed by atoms with E-state index < -0.39 is 0 Å². The SMILES string of the molecule is CCCC1CC(C(=O)Nc2ccccc2C(=O)NCc2ccco2)NN1. The molecular weight excluding hydrogens is 332 g/mol. The Bertz CT molecular complexity index is 745. The first-order valence-corrected chi connectivity index (χ1v) is 8.89. The van der Waals surface area contributed by atoms with Crippen LogP contribution < -0.4 is 21.5 Å². The maximum absolute atomic E-state index is 12.5. The molecule has 3 rings (SSSR count). The molecule has 1 fully saturated rings. The normalized spacial score (nSPS) is 19.3. The van der Waals surface area contributed by atoms with E-state index in [1.165, 1.54) is 0 Å². The van der Waals surface area contributed by atoms with E-state index in [1.54, 1.807) is 42.7 Å². The summed E-state index contributed by atoms with van der Waals surface area (Å²) >= 11 is 0. The van der Waals surface area contributed by atoms with Crippen LogP contribution >= 0.6 is 0 Å². The Morgan fingerprint density at radius 2 is 2.04 bits per heavy atom. The topological polar surface area (TPSA) is 95.4 Å². The van der Waals surface area contributed by atoms with Gasteiger partial charge in [-0.2, -0.15) is 0 Å². The molecule has 2 heterocycles. The second-order valence-corrected chi connectivity index (χ2v) is 6.36. The zero-order chi connectivity index (χ0) is 18.4. The number of rotatable bonds is 7. The number of carbonyl (C=O) groups excluding carboxylic acids is 2. The van der Waals surface area contributed by atoms with E-state index in [4.69, 9.17) is 4.42 Å². The number of hydrazine groups is 1. The van der Waals surface area contributed by atoms with Crippen LogP contribution in [0.3, 0.4) is 0 Å². The van der Waals surface area contributed by atoms with Gasteiger partial charge in [-0.05, 0) is 37.1 Å². The van der Waals surface area contributed by atoms with Crippen LogP contribution in [0, 0.1) is 0 Å². The monoisotopic (exact) mass is 356 g/mol. The van der Waals surface area contributed by atoms with Gasteiger partial charge in [0.1, 0.15) is 11.8 Å². The van der Waals surface area contributed by atoms with Gasteiger partial charge in [0.15, 0.2) is 0 Å². The van der Waals surface area contributed by atoms with Crippen LogP contribution in [-0.4, -0.2) is 23.9 Å². The van der Waals surface area contributed by atoms with Gasteiger partial charge >= 0.3 is 0 Å². The number of anilines is 1. The Morgan fingerprint density at radius 3 is 2.81 bits per heavy atom. The summed E-state index contributed by atoms with van der Waals surface area (Å²) in [7, 11) is 0. The summed E-state index contributed by atoms with van der Waals surface area (Å²) in [5.41, 5.74) is 7.09.